The van der Waals surface area contributed by atoms with Crippen molar-refractivity contribution in [2.24, 2.45) is 11.1 Å². The van der Waals surface area contributed by atoms with Gasteiger partial charge in [-0.25, -0.2) is 0 Å². The van der Waals surface area contributed by atoms with Crippen LogP contribution in [0.25, 0.3) is 0 Å². The number of aromatic nitrogens is 1. The smallest absolute Gasteiger partial charge is 0.224 e. The maximum absolute atomic E-state index is 11.9. The molecule has 3 N–H and O–H groups in total. The predicted octanol–water partition coefficient (Wildman–Crippen LogP) is 1.85. The molecule has 1 aromatic rings. The van der Waals surface area contributed by atoms with Gasteiger partial charge in [-0.15, -0.1) is 0 Å². The molecule has 0 bridgehead atoms. The summed E-state index contributed by atoms with van der Waals surface area (Å²) in [7, 11) is 0. The number of carbonyl (C=O) groups is 1. The lowest BCUT2D eigenvalue weighted by atomic mass is 9.66. The third-order valence-corrected chi connectivity index (χ3v) is 3.68. The zero-order valence-corrected chi connectivity index (χ0v) is 10.2. The van der Waals surface area contributed by atoms with Crippen molar-refractivity contribution in [2.75, 3.05) is 11.9 Å². The van der Waals surface area contributed by atoms with Crippen LogP contribution >= 0.6 is 0 Å². The van der Waals surface area contributed by atoms with Gasteiger partial charge in [-0.3, -0.25) is 9.78 Å². The van der Waals surface area contributed by atoms with Crippen molar-refractivity contribution >= 4 is 11.6 Å². The Morgan fingerprint density at radius 2 is 2.35 bits per heavy atom. The lowest BCUT2D eigenvalue weighted by molar-refractivity contribution is -0.119. The van der Waals surface area contributed by atoms with E-state index in [2.05, 4.69) is 10.3 Å². The van der Waals surface area contributed by atoms with Crippen molar-refractivity contribution in [2.45, 2.75) is 32.6 Å². The molecule has 1 heterocycles. The second-order valence-corrected chi connectivity index (χ2v) is 4.97. The van der Waals surface area contributed by atoms with Gasteiger partial charge in [-0.1, -0.05) is 6.42 Å². The van der Waals surface area contributed by atoms with E-state index in [0.29, 0.717) is 13.0 Å². The van der Waals surface area contributed by atoms with E-state index in [4.69, 9.17) is 5.73 Å². The third-order valence-electron chi connectivity index (χ3n) is 3.68. The molecule has 0 aromatic carbocycles. The molecule has 0 unspecified atom stereocenters. The first-order valence-corrected chi connectivity index (χ1v) is 6.06. The molecule has 92 valence electrons. The summed E-state index contributed by atoms with van der Waals surface area (Å²) in [5, 5.41) is 2.93. The molecular formula is C13H19N3O. The van der Waals surface area contributed by atoms with Gasteiger partial charge in [0.05, 0.1) is 0 Å². The van der Waals surface area contributed by atoms with Crippen molar-refractivity contribution in [3.63, 3.8) is 0 Å². The molecule has 0 atom stereocenters. The van der Waals surface area contributed by atoms with Crippen LogP contribution in [0.15, 0.2) is 18.5 Å². The van der Waals surface area contributed by atoms with Gasteiger partial charge in [-0.2, -0.15) is 0 Å². The largest absolute Gasteiger partial charge is 0.330 e. The SMILES string of the molecule is Cc1cnccc1NC(=O)CC1(CN)CCC1. The molecule has 1 amide bonds. The monoisotopic (exact) mass is 233 g/mol. The Balaban J connectivity index is 1.96. The van der Waals surface area contributed by atoms with Crippen molar-refractivity contribution in [3.8, 4) is 0 Å². The number of nitrogens with zero attached hydrogens (tertiary/aromatic N) is 1. The fourth-order valence-corrected chi connectivity index (χ4v) is 2.28. The first-order valence-electron chi connectivity index (χ1n) is 6.06. The van der Waals surface area contributed by atoms with Crippen LogP contribution < -0.4 is 11.1 Å². The summed E-state index contributed by atoms with van der Waals surface area (Å²) < 4.78 is 0. The average Bonchev–Trinajstić information content (AvgIpc) is 2.27. The first kappa shape index (κ1) is 12.0. The fraction of sp³-hybridized carbons (Fsp3) is 0.538. The fourth-order valence-electron chi connectivity index (χ4n) is 2.28. The van der Waals surface area contributed by atoms with E-state index >= 15 is 0 Å². The zero-order chi connectivity index (χ0) is 12.3. The van der Waals surface area contributed by atoms with Crippen molar-refractivity contribution < 1.29 is 4.79 Å². The summed E-state index contributed by atoms with van der Waals surface area (Å²) in [6.07, 6.45) is 7.31. The number of hydrogen-bond donors (Lipinski definition) is 2. The molecule has 0 aliphatic heterocycles. The minimum absolute atomic E-state index is 0.0597. The molecule has 0 spiro atoms. The van der Waals surface area contributed by atoms with Crippen molar-refractivity contribution in [1.29, 1.82) is 0 Å². The molecule has 4 heteroatoms. The van der Waals surface area contributed by atoms with Crippen LogP contribution in [0.3, 0.4) is 0 Å². The Hall–Kier alpha value is -1.42. The number of pyridine rings is 1. The maximum atomic E-state index is 11.9. The number of aryl methyl sites for hydroxylation is 1. The van der Waals surface area contributed by atoms with Crippen LogP contribution in [0.1, 0.15) is 31.2 Å². The first-order chi connectivity index (χ1) is 8.15. The van der Waals surface area contributed by atoms with Gasteiger partial charge in [0, 0.05) is 24.5 Å². The van der Waals surface area contributed by atoms with Crippen LogP contribution in [-0.2, 0) is 4.79 Å². The van der Waals surface area contributed by atoms with Crippen LogP contribution in [0.2, 0.25) is 0 Å². The van der Waals surface area contributed by atoms with Crippen molar-refractivity contribution in [1.82, 2.24) is 4.98 Å². The number of nitrogens with one attached hydrogen (secondary N) is 1. The minimum atomic E-state index is 0.0597. The number of amides is 1. The molecule has 1 aliphatic carbocycles. The number of carbonyl (C=O) groups excluding carboxylic acids is 1. The maximum Gasteiger partial charge on any atom is 0.224 e. The normalized spacial score (nSPS) is 17.3. The van der Waals surface area contributed by atoms with Crippen LogP contribution in [0, 0.1) is 12.3 Å². The van der Waals surface area contributed by atoms with Gasteiger partial charge >= 0.3 is 0 Å². The molecule has 1 aromatic heterocycles. The second-order valence-electron chi connectivity index (χ2n) is 4.97. The van der Waals surface area contributed by atoms with E-state index in [1.165, 1.54) is 6.42 Å². The van der Waals surface area contributed by atoms with Gasteiger partial charge in [0.2, 0.25) is 5.91 Å². The topological polar surface area (TPSA) is 68.0 Å². The molecule has 2 rings (SSSR count). The summed E-state index contributed by atoms with van der Waals surface area (Å²) in [4.78, 5) is 15.9. The second kappa shape index (κ2) is 4.84. The molecular weight excluding hydrogens is 214 g/mol. The molecule has 4 nitrogen and oxygen atoms in total. The van der Waals surface area contributed by atoms with E-state index < -0.39 is 0 Å². The summed E-state index contributed by atoms with van der Waals surface area (Å²) >= 11 is 0. The number of anilines is 1. The van der Waals surface area contributed by atoms with E-state index in [1.807, 2.05) is 13.0 Å². The third kappa shape index (κ3) is 2.64. The molecule has 0 radical (unpaired) electrons. The quantitative estimate of drug-likeness (QED) is 0.834. The van der Waals surface area contributed by atoms with E-state index in [1.54, 1.807) is 12.4 Å². The van der Waals surface area contributed by atoms with E-state index in [0.717, 1.165) is 24.1 Å². The highest BCUT2D eigenvalue weighted by molar-refractivity contribution is 5.91. The molecule has 0 saturated heterocycles. The summed E-state index contributed by atoms with van der Waals surface area (Å²) in [5.74, 6) is 0.0597. The average molecular weight is 233 g/mol. The van der Waals surface area contributed by atoms with Gasteiger partial charge in [-0.05, 0) is 43.4 Å². The lowest BCUT2D eigenvalue weighted by Gasteiger charge is -2.40. The number of hydrogen-bond acceptors (Lipinski definition) is 3. The number of rotatable bonds is 4. The van der Waals surface area contributed by atoms with Crippen LogP contribution in [0.4, 0.5) is 5.69 Å². The standard InChI is InChI=1S/C13H19N3O/c1-10-8-15-6-3-11(10)16-12(17)7-13(9-14)4-2-5-13/h3,6,8H,2,4-5,7,9,14H2,1H3,(H,15,16,17). The summed E-state index contributed by atoms with van der Waals surface area (Å²) in [5.41, 5.74) is 7.64. The highest BCUT2D eigenvalue weighted by Crippen LogP contribution is 2.43. The Labute approximate surface area is 102 Å². The molecule has 17 heavy (non-hydrogen) atoms. The van der Waals surface area contributed by atoms with Crippen molar-refractivity contribution in [3.05, 3.63) is 24.0 Å². The molecule has 1 fully saturated rings. The van der Waals surface area contributed by atoms with Crippen LogP contribution in [-0.4, -0.2) is 17.4 Å². The summed E-state index contributed by atoms with van der Waals surface area (Å²) in [6.45, 7) is 2.54. The van der Waals surface area contributed by atoms with Gasteiger partial charge in [0.1, 0.15) is 0 Å². The number of nitrogens with two attached hydrogens (primary N) is 1. The zero-order valence-electron chi connectivity index (χ0n) is 10.2. The van der Waals surface area contributed by atoms with Gasteiger partial charge < -0.3 is 11.1 Å². The van der Waals surface area contributed by atoms with Crippen LogP contribution in [0.5, 0.6) is 0 Å². The Morgan fingerprint density at radius 3 is 2.88 bits per heavy atom. The minimum Gasteiger partial charge on any atom is -0.330 e. The molecule has 1 aliphatic rings. The predicted molar refractivity (Wildman–Crippen MR) is 67.6 cm³/mol. The lowest BCUT2D eigenvalue weighted by Crippen LogP contribution is -2.40. The Kier molecular flexibility index (Phi) is 3.43. The Bertz CT molecular complexity index is 407. The molecule has 1 saturated carbocycles. The highest BCUT2D eigenvalue weighted by atomic mass is 16.1. The van der Waals surface area contributed by atoms with Gasteiger partial charge in [0.15, 0.2) is 0 Å². The Morgan fingerprint density at radius 1 is 1.59 bits per heavy atom. The van der Waals surface area contributed by atoms with E-state index in [9.17, 15) is 4.79 Å². The van der Waals surface area contributed by atoms with E-state index in [-0.39, 0.29) is 11.3 Å². The highest BCUT2D eigenvalue weighted by Gasteiger charge is 2.37. The van der Waals surface area contributed by atoms with Gasteiger partial charge in [0.25, 0.3) is 0 Å². The summed E-state index contributed by atoms with van der Waals surface area (Å²) in [6, 6.07) is 1.82.